The number of para-hydroxylation sites is 1. The fourth-order valence-corrected chi connectivity index (χ4v) is 1.93. The Morgan fingerprint density at radius 1 is 1.48 bits per heavy atom. The number of hydrogen-bond acceptors (Lipinski definition) is 5. The molecule has 0 fully saturated rings. The van der Waals surface area contributed by atoms with Crippen molar-refractivity contribution in [3.05, 3.63) is 39.4 Å². The number of nitrogens with zero attached hydrogens (tertiary/aromatic N) is 1. The zero-order valence-corrected chi connectivity index (χ0v) is 12.7. The fourth-order valence-electron chi connectivity index (χ4n) is 1.93. The quantitative estimate of drug-likeness (QED) is 0.655. The monoisotopic (exact) mass is 295 g/mol. The van der Waals surface area contributed by atoms with Crippen LogP contribution in [-0.4, -0.2) is 23.2 Å². The van der Waals surface area contributed by atoms with Gasteiger partial charge in [0, 0.05) is 12.1 Å². The number of nitrogens with two attached hydrogens (primary N) is 1. The number of nitro benzene ring substituents is 1. The summed E-state index contributed by atoms with van der Waals surface area (Å²) in [4.78, 5) is 22.5. The molecule has 1 rings (SSSR count). The summed E-state index contributed by atoms with van der Waals surface area (Å²) in [5.41, 5.74) is 5.84. The number of alkyl carbamates (subject to hydrolysis) is 1. The molecule has 1 aromatic carbocycles. The standard InChI is InChI=1S/C14H21N3O4/c1-9-6-5-7-10(12(9)17(19)20)11(8-15)16-13(18)21-14(2,3)4/h5-7,11H,8,15H2,1-4H3,(H,16,18). The zero-order valence-electron chi connectivity index (χ0n) is 12.7. The first-order chi connectivity index (χ1) is 9.65. The van der Waals surface area contributed by atoms with Gasteiger partial charge in [0.05, 0.1) is 16.5 Å². The molecule has 1 amide bonds. The molecule has 0 aliphatic heterocycles. The molecule has 3 N–H and O–H groups in total. The van der Waals surface area contributed by atoms with E-state index in [2.05, 4.69) is 5.32 Å². The molecule has 7 heteroatoms. The third-order valence-electron chi connectivity index (χ3n) is 2.75. The Bertz CT molecular complexity index is 538. The molecule has 0 spiro atoms. The molecular weight excluding hydrogens is 274 g/mol. The average molecular weight is 295 g/mol. The Hall–Kier alpha value is -2.15. The van der Waals surface area contributed by atoms with E-state index < -0.39 is 22.7 Å². The minimum atomic E-state index is -0.680. The van der Waals surface area contributed by atoms with E-state index in [-0.39, 0.29) is 12.2 Å². The number of ether oxygens (including phenoxy) is 1. The number of nitrogens with one attached hydrogen (secondary N) is 1. The molecule has 1 aromatic rings. The summed E-state index contributed by atoms with van der Waals surface area (Å²) in [7, 11) is 0. The summed E-state index contributed by atoms with van der Waals surface area (Å²) in [6.45, 7) is 6.88. The highest BCUT2D eigenvalue weighted by Gasteiger charge is 2.26. The zero-order chi connectivity index (χ0) is 16.2. The maximum Gasteiger partial charge on any atom is 0.408 e. The van der Waals surface area contributed by atoms with Gasteiger partial charge in [0.2, 0.25) is 0 Å². The van der Waals surface area contributed by atoms with Crippen LogP contribution in [0.1, 0.15) is 37.9 Å². The highest BCUT2D eigenvalue weighted by atomic mass is 16.6. The molecule has 116 valence electrons. The van der Waals surface area contributed by atoms with E-state index in [1.165, 1.54) is 0 Å². The molecule has 0 saturated carbocycles. The van der Waals surface area contributed by atoms with Crippen molar-refractivity contribution in [2.24, 2.45) is 5.73 Å². The molecule has 0 bridgehead atoms. The van der Waals surface area contributed by atoms with Crippen LogP contribution in [0.3, 0.4) is 0 Å². The van der Waals surface area contributed by atoms with Crippen molar-refractivity contribution in [2.75, 3.05) is 6.54 Å². The lowest BCUT2D eigenvalue weighted by Gasteiger charge is -2.23. The van der Waals surface area contributed by atoms with E-state index in [9.17, 15) is 14.9 Å². The maximum absolute atomic E-state index is 11.8. The lowest BCUT2D eigenvalue weighted by molar-refractivity contribution is -0.386. The number of nitro groups is 1. The van der Waals surface area contributed by atoms with E-state index in [1.54, 1.807) is 45.9 Å². The topological polar surface area (TPSA) is 107 Å². The second-order valence-corrected chi connectivity index (χ2v) is 5.70. The van der Waals surface area contributed by atoms with Crippen LogP contribution in [0.2, 0.25) is 0 Å². The summed E-state index contributed by atoms with van der Waals surface area (Å²) in [6, 6.07) is 4.24. The van der Waals surface area contributed by atoms with Gasteiger partial charge in [-0.1, -0.05) is 18.2 Å². The van der Waals surface area contributed by atoms with E-state index in [4.69, 9.17) is 10.5 Å². The molecule has 0 radical (unpaired) electrons. The second-order valence-electron chi connectivity index (χ2n) is 5.70. The van der Waals surface area contributed by atoms with Gasteiger partial charge in [-0.3, -0.25) is 10.1 Å². The van der Waals surface area contributed by atoms with Gasteiger partial charge in [-0.2, -0.15) is 0 Å². The lowest BCUT2D eigenvalue weighted by Crippen LogP contribution is -2.38. The van der Waals surface area contributed by atoms with Gasteiger partial charge in [-0.05, 0) is 27.7 Å². The Morgan fingerprint density at radius 3 is 2.57 bits per heavy atom. The smallest absolute Gasteiger partial charge is 0.408 e. The first kappa shape index (κ1) is 16.9. The van der Waals surface area contributed by atoms with Crippen LogP contribution in [0.15, 0.2) is 18.2 Å². The summed E-state index contributed by atoms with van der Waals surface area (Å²) in [5, 5.41) is 13.8. The van der Waals surface area contributed by atoms with Gasteiger partial charge in [-0.15, -0.1) is 0 Å². The Labute approximate surface area is 123 Å². The van der Waals surface area contributed by atoms with Crippen molar-refractivity contribution < 1.29 is 14.5 Å². The van der Waals surface area contributed by atoms with Crippen molar-refractivity contribution in [1.29, 1.82) is 0 Å². The fraction of sp³-hybridized carbons (Fsp3) is 0.500. The lowest BCUT2D eigenvalue weighted by atomic mass is 10.0. The molecule has 1 unspecified atom stereocenters. The van der Waals surface area contributed by atoms with Crippen LogP contribution in [0.4, 0.5) is 10.5 Å². The van der Waals surface area contributed by atoms with E-state index >= 15 is 0 Å². The first-order valence-electron chi connectivity index (χ1n) is 6.59. The van der Waals surface area contributed by atoms with Gasteiger partial charge in [0.25, 0.3) is 5.69 Å². The number of hydrogen-bond donors (Lipinski definition) is 2. The van der Waals surface area contributed by atoms with Crippen LogP contribution in [0.5, 0.6) is 0 Å². The minimum Gasteiger partial charge on any atom is -0.444 e. The van der Waals surface area contributed by atoms with E-state index in [0.717, 1.165) is 0 Å². The van der Waals surface area contributed by atoms with Gasteiger partial charge < -0.3 is 15.8 Å². The number of rotatable bonds is 4. The van der Waals surface area contributed by atoms with Crippen LogP contribution in [0, 0.1) is 17.0 Å². The predicted molar refractivity (Wildman–Crippen MR) is 79.0 cm³/mol. The van der Waals surface area contributed by atoms with E-state index in [1.807, 2.05) is 0 Å². The maximum atomic E-state index is 11.8. The highest BCUT2D eigenvalue weighted by Crippen LogP contribution is 2.28. The van der Waals surface area contributed by atoms with Crippen LogP contribution >= 0.6 is 0 Å². The van der Waals surface area contributed by atoms with Crippen molar-refractivity contribution in [1.82, 2.24) is 5.32 Å². The van der Waals surface area contributed by atoms with Crippen molar-refractivity contribution in [3.8, 4) is 0 Å². The predicted octanol–water partition coefficient (Wildman–Crippen LogP) is 2.43. The SMILES string of the molecule is Cc1cccc(C(CN)NC(=O)OC(C)(C)C)c1[N+](=O)[O-]. The van der Waals surface area contributed by atoms with Crippen molar-refractivity contribution in [3.63, 3.8) is 0 Å². The Kier molecular flexibility index (Phi) is 5.26. The minimum absolute atomic E-state index is 0.0313. The number of carbonyl (C=O) groups excluding carboxylic acids is 1. The normalized spacial score (nSPS) is 12.6. The molecule has 0 heterocycles. The molecule has 1 atom stereocenters. The molecule has 0 aromatic heterocycles. The second kappa shape index (κ2) is 6.53. The molecule has 21 heavy (non-hydrogen) atoms. The Morgan fingerprint density at radius 2 is 2.10 bits per heavy atom. The summed E-state index contributed by atoms with van der Waals surface area (Å²) in [6.07, 6.45) is -0.659. The number of carbonyl (C=O) groups is 1. The van der Waals surface area contributed by atoms with E-state index in [0.29, 0.717) is 11.1 Å². The van der Waals surface area contributed by atoms with Crippen molar-refractivity contribution in [2.45, 2.75) is 39.3 Å². The molecular formula is C14H21N3O4. The molecule has 0 saturated heterocycles. The number of amides is 1. The average Bonchev–Trinajstić information content (AvgIpc) is 2.32. The molecule has 7 nitrogen and oxygen atoms in total. The summed E-state index contributed by atoms with van der Waals surface area (Å²) >= 11 is 0. The molecule has 0 aliphatic rings. The van der Waals surface area contributed by atoms with Gasteiger partial charge in [0.1, 0.15) is 5.60 Å². The number of benzene rings is 1. The van der Waals surface area contributed by atoms with Crippen LogP contribution in [0.25, 0.3) is 0 Å². The highest BCUT2D eigenvalue weighted by molar-refractivity contribution is 5.69. The van der Waals surface area contributed by atoms with Crippen LogP contribution < -0.4 is 11.1 Å². The first-order valence-corrected chi connectivity index (χ1v) is 6.59. The summed E-state index contributed by atoms with van der Waals surface area (Å²) in [5.74, 6) is 0. The van der Waals surface area contributed by atoms with Gasteiger partial charge >= 0.3 is 6.09 Å². The third kappa shape index (κ3) is 4.71. The van der Waals surface area contributed by atoms with Gasteiger partial charge in [-0.25, -0.2) is 4.79 Å². The molecule has 0 aliphatic carbocycles. The largest absolute Gasteiger partial charge is 0.444 e. The van der Waals surface area contributed by atoms with Crippen LogP contribution in [-0.2, 0) is 4.74 Å². The van der Waals surface area contributed by atoms with Crippen molar-refractivity contribution >= 4 is 11.8 Å². The summed E-state index contributed by atoms with van der Waals surface area (Å²) < 4.78 is 5.15. The third-order valence-corrected chi connectivity index (χ3v) is 2.75. The van der Waals surface area contributed by atoms with Gasteiger partial charge in [0.15, 0.2) is 0 Å². The Balaban J connectivity index is 3.04. The number of aryl methyl sites for hydroxylation is 1.